The Labute approximate surface area is 196 Å². The first-order chi connectivity index (χ1) is 15.8. The van der Waals surface area contributed by atoms with Crippen LogP contribution in [0.4, 0.5) is 28.8 Å². The monoisotopic (exact) mass is 461 g/mol. The molecule has 8 nitrogen and oxygen atoms in total. The molecule has 2 aromatic carbocycles. The Kier molecular flexibility index (Phi) is 5.17. The number of amides is 1. The molecule has 4 aromatic rings. The van der Waals surface area contributed by atoms with Crippen molar-refractivity contribution in [1.29, 1.82) is 0 Å². The summed E-state index contributed by atoms with van der Waals surface area (Å²) in [5.74, 6) is 0.933. The number of nitrogens with zero attached hydrogens (tertiary/aromatic N) is 4. The van der Waals surface area contributed by atoms with Gasteiger partial charge in [-0.25, -0.2) is 9.97 Å². The number of benzene rings is 2. The first-order valence-electron chi connectivity index (χ1n) is 10.7. The molecule has 0 saturated heterocycles. The van der Waals surface area contributed by atoms with Gasteiger partial charge in [0, 0.05) is 24.8 Å². The molecule has 0 bridgehead atoms. The minimum Gasteiger partial charge on any atom is -0.337 e. The SMILES string of the molecule is Cn1cnc2c(Nc3nc(Nc4ccc5c(c4)C(C)(C)CCC(=O)N5)ncc3Cl)cccc21. The van der Waals surface area contributed by atoms with Gasteiger partial charge in [-0.2, -0.15) is 4.98 Å². The fourth-order valence-corrected chi connectivity index (χ4v) is 4.23. The lowest BCUT2D eigenvalue weighted by Gasteiger charge is -2.25. The van der Waals surface area contributed by atoms with E-state index in [-0.39, 0.29) is 11.3 Å². The Morgan fingerprint density at radius 3 is 2.85 bits per heavy atom. The molecule has 1 aliphatic rings. The van der Waals surface area contributed by atoms with E-state index in [1.54, 1.807) is 12.5 Å². The number of carbonyl (C=O) groups excluding carboxylic acids is 1. The molecule has 1 aliphatic heterocycles. The molecular weight excluding hydrogens is 438 g/mol. The van der Waals surface area contributed by atoms with Crippen LogP contribution in [0.3, 0.4) is 0 Å². The predicted molar refractivity (Wildman–Crippen MR) is 132 cm³/mol. The summed E-state index contributed by atoms with van der Waals surface area (Å²) in [5.41, 5.74) is 5.26. The van der Waals surface area contributed by atoms with Crippen molar-refractivity contribution >= 4 is 57.4 Å². The molecule has 0 unspecified atom stereocenters. The Morgan fingerprint density at radius 1 is 1.15 bits per heavy atom. The standard InChI is InChI=1S/C24H24ClN7O/c1-24(2)10-9-20(33)29-17-8-7-14(11-15(17)24)28-23-26-12-16(25)22(31-23)30-18-5-4-6-19-21(18)27-13-32(19)3/h4-8,11-13H,9-10H2,1-3H3,(H,29,33)(H2,26,28,30,31). The second-order valence-electron chi connectivity index (χ2n) is 8.86. The molecule has 2 aromatic heterocycles. The zero-order valence-corrected chi connectivity index (χ0v) is 19.4. The average molecular weight is 462 g/mol. The Morgan fingerprint density at radius 2 is 2.00 bits per heavy atom. The minimum absolute atomic E-state index is 0.0437. The zero-order valence-electron chi connectivity index (χ0n) is 18.6. The number of anilines is 5. The Hall–Kier alpha value is -3.65. The van der Waals surface area contributed by atoms with Crippen LogP contribution in [0.5, 0.6) is 0 Å². The third-order valence-corrected chi connectivity index (χ3v) is 6.28. The van der Waals surface area contributed by atoms with Gasteiger partial charge in [-0.3, -0.25) is 4.79 Å². The van der Waals surface area contributed by atoms with Crippen molar-refractivity contribution in [2.75, 3.05) is 16.0 Å². The van der Waals surface area contributed by atoms with Gasteiger partial charge in [0.1, 0.15) is 10.5 Å². The molecule has 0 atom stereocenters. The van der Waals surface area contributed by atoms with Gasteiger partial charge in [0.05, 0.1) is 23.7 Å². The second kappa shape index (κ2) is 8.04. The summed E-state index contributed by atoms with van der Waals surface area (Å²) in [6.45, 7) is 4.30. The summed E-state index contributed by atoms with van der Waals surface area (Å²) in [6.07, 6.45) is 4.61. The number of para-hydroxylation sites is 1. The summed E-state index contributed by atoms with van der Waals surface area (Å²) in [6, 6.07) is 11.8. The van der Waals surface area contributed by atoms with Crippen molar-refractivity contribution < 1.29 is 4.79 Å². The molecule has 0 radical (unpaired) electrons. The molecule has 0 saturated carbocycles. The zero-order chi connectivity index (χ0) is 23.2. The van der Waals surface area contributed by atoms with Crippen molar-refractivity contribution in [1.82, 2.24) is 19.5 Å². The van der Waals surface area contributed by atoms with E-state index in [1.807, 2.05) is 48.0 Å². The number of fused-ring (bicyclic) bond motifs is 2. The predicted octanol–water partition coefficient (Wildman–Crippen LogP) is 5.51. The lowest BCUT2D eigenvalue weighted by atomic mass is 9.80. The van der Waals surface area contributed by atoms with Crippen LogP contribution in [0.15, 0.2) is 48.9 Å². The van der Waals surface area contributed by atoms with Gasteiger partial charge in [0.2, 0.25) is 11.9 Å². The molecule has 0 aliphatic carbocycles. The molecule has 0 spiro atoms. The molecule has 3 heterocycles. The number of nitrogens with one attached hydrogen (secondary N) is 3. The van der Waals surface area contributed by atoms with E-state index >= 15 is 0 Å². The van der Waals surface area contributed by atoms with Crippen LogP contribution in [0.25, 0.3) is 11.0 Å². The largest absolute Gasteiger partial charge is 0.337 e. The third-order valence-electron chi connectivity index (χ3n) is 6.01. The summed E-state index contributed by atoms with van der Waals surface area (Å²) in [5, 5.41) is 9.95. The number of aromatic nitrogens is 4. The van der Waals surface area contributed by atoms with Crippen LogP contribution in [0, 0.1) is 0 Å². The van der Waals surface area contributed by atoms with Crippen LogP contribution in [0.2, 0.25) is 5.02 Å². The van der Waals surface area contributed by atoms with Crippen LogP contribution >= 0.6 is 11.6 Å². The summed E-state index contributed by atoms with van der Waals surface area (Å²) in [7, 11) is 1.95. The lowest BCUT2D eigenvalue weighted by molar-refractivity contribution is -0.116. The fourth-order valence-electron chi connectivity index (χ4n) is 4.10. The van der Waals surface area contributed by atoms with Gasteiger partial charge < -0.3 is 20.5 Å². The molecule has 1 amide bonds. The van der Waals surface area contributed by atoms with Gasteiger partial charge in [0.25, 0.3) is 0 Å². The molecular formula is C24H24ClN7O. The van der Waals surface area contributed by atoms with Gasteiger partial charge in [-0.05, 0) is 47.7 Å². The van der Waals surface area contributed by atoms with Crippen LogP contribution in [-0.4, -0.2) is 25.4 Å². The number of carbonyl (C=O) groups is 1. The number of rotatable bonds is 4. The molecule has 9 heteroatoms. The summed E-state index contributed by atoms with van der Waals surface area (Å²) in [4.78, 5) is 25.4. The van der Waals surface area contributed by atoms with Crippen LogP contribution < -0.4 is 16.0 Å². The maximum Gasteiger partial charge on any atom is 0.229 e. The van der Waals surface area contributed by atoms with Crippen molar-refractivity contribution in [2.24, 2.45) is 7.05 Å². The van der Waals surface area contributed by atoms with Gasteiger partial charge >= 0.3 is 0 Å². The first kappa shape index (κ1) is 21.2. The van der Waals surface area contributed by atoms with E-state index < -0.39 is 0 Å². The third kappa shape index (κ3) is 4.09. The van der Waals surface area contributed by atoms with Gasteiger partial charge in [-0.1, -0.05) is 31.5 Å². The molecule has 5 rings (SSSR count). The van der Waals surface area contributed by atoms with Crippen molar-refractivity contribution in [3.8, 4) is 0 Å². The highest BCUT2D eigenvalue weighted by Gasteiger charge is 2.28. The number of hydrogen-bond acceptors (Lipinski definition) is 6. The topological polar surface area (TPSA) is 96.8 Å². The number of imidazole rings is 1. The van der Waals surface area contributed by atoms with E-state index in [4.69, 9.17) is 11.6 Å². The van der Waals surface area contributed by atoms with Crippen LogP contribution in [-0.2, 0) is 17.3 Å². The number of halogens is 1. The number of hydrogen-bond donors (Lipinski definition) is 3. The summed E-state index contributed by atoms with van der Waals surface area (Å²) >= 11 is 6.39. The molecule has 33 heavy (non-hydrogen) atoms. The van der Waals surface area contributed by atoms with Crippen molar-refractivity contribution in [2.45, 2.75) is 32.1 Å². The number of aryl methyl sites for hydroxylation is 1. The van der Waals surface area contributed by atoms with Crippen LogP contribution in [0.1, 0.15) is 32.3 Å². The lowest BCUT2D eigenvalue weighted by Crippen LogP contribution is -2.16. The van der Waals surface area contributed by atoms with E-state index in [1.165, 1.54) is 0 Å². The van der Waals surface area contributed by atoms with E-state index in [0.717, 1.165) is 40.1 Å². The fraction of sp³-hybridized carbons (Fsp3) is 0.250. The van der Waals surface area contributed by atoms with E-state index in [9.17, 15) is 4.79 Å². The molecule has 3 N–H and O–H groups in total. The van der Waals surface area contributed by atoms with E-state index in [2.05, 4.69) is 44.7 Å². The average Bonchev–Trinajstić information content (AvgIpc) is 3.12. The Balaban J connectivity index is 1.44. The maximum atomic E-state index is 12.0. The second-order valence-corrected chi connectivity index (χ2v) is 9.27. The minimum atomic E-state index is -0.138. The van der Waals surface area contributed by atoms with E-state index in [0.29, 0.717) is 23.2 Å². The van der Waals surface area contributed by atoms with Crippen molar-refractivity contribution in [3.05, 3.63) is 59.5 Å². The quantitative estimate of drug-likeness (QED) is 0.370. The first-order valence-corrected chi connectivity index (χ1v) is 11.1. The summed E-state index contributed by atoms with van der Waals surface area (Å²) < 4.78 is 1.96. The smallest absolute Gasteiger partial charge is 0.229 e. The van der Waals surface area contributed by atoms with Gasteiger partial charge in [0.15, 0.2) is 5.82 Å². The highest BCUT2D eigenvalue weighted by Crippen LogP contribution is 2.38. The Bertz CT molecular complexity index is 1380. The maximum absolute atomic E-state index is 12.0. The van der Waals surface area contributed by atoms with Gasteiger partial charge in [-0.15, -0.1) is 0 Å². The highest BCUT2D eigenvalue weighted by atomic mass is 35.5. The molecule has 0 fully saturated rings. The normalized spacial score (nSPS) is 15.0. The van der Waals surface area contributed by atoms with Crippen molar-refractivity contribution in [3.63, 3.8) is 0 Å². The molecule has 168 valence electrons. The highest BCUT2D eigenvalue weighted by molar-refractivity contribution is 6.33.